The summed E-state index contributed by atoms with van der Waals surface area (Å²) in [6, 6.07) is 8.39. The molecule has 0 radical (unpaired) electrons. The van der Waals surface area contributed by atoms with E-state index < -0.39 is 0 Å². The highest BCUT2D eigenvalue weighted by molar-refractivity contribution is 6.38. The van der Waals surface area contributed by atoms with Crippen LogP contribution in [0.5, 0.6) is 0 Å². The predicted molar refractivity (Wildman–Crippen MR) is 80.2 cm³/mol. The summed E-state index contributed by atoms with van der Waals surface area (Å²) in [5.74, 6) is -0.196. The van der Waals surface area contributed by atoms with Gasteiger partial charge in [0.05, 0.1) is 10.0 Å². The van der Waals surface area contributed by atoms with Gasteiger partial charge in [0.25, 0.3) is 0 Å². The molecular weight excluding hydrogens is 281 g/mol. The fourth-order valence-corrected chi connectivity index (χ4v) is 2.39. The van der Waals surface area contributed by atoms with Gasteiger partial charge in [-0.3, -0.25) is 4.79 Å². The molecule has 19 heavy (non-hydrogen) atoms. The van der Waals surface area contributed by atoms with Crippen molar-refractivity contribution in [1.82, 2.24) is 0 Å². The number of ketones is 1. The summed E-state index contributed by atoms with van der Waals surface area (Å²) in [4.78, 5) is 12.5. The van der Waals surface area contributed by atoms with Crippen molar-refractivity contribution >= 4 is 34.7 Å². The van der Waals surface area contributed by atoms with Crippen LogP contribution in [-0.2, 0) is 0 Å². The highest BCUT2D eigenvalue weighted by atomic mass is 35.5. The number of carbonyl (C=O) groups is 1. The predicted octanol–water partition coefficient (Wildman–Crippen LogP) is 4.42. The number of halogens is 2. The number of rotatable bonds is 2. The standard InChI is InChI=1S/C15H13Cl2NO/c1-8-5-12(13(16)6-9(8)2)15(19)11-4-3-10(18)7-14(11)17/h3-7H,18H2,1-2H3. The number of hydrogen-bond donors (Lipinski definition) is 1. The topological polar surface area (TPSA) is 43.1 Å². The molecule has 98 valence electrons. The van der Waals surface area contributed by atoms with Crippen LogP contribution in [0.25, 0.3) is 0 Å². The number of nitrogens with two attached hydrogens (primary N) is 1. The van der Waals surface area contributed by atoms with Crippen molar-refractivity contribution in [1.29, 1.82) is 0 Å². The van der Waals surface area contributed by atoms with Gasteiger partial charge in [-0.05, 0) is 55.3 Å². The molecule has 2 N–H and O–H groups in total. The van der Waals surface area contributed by atoms with E-state index in [-0.39, 0.29) is 5.78 Å². The molecule has 0 spiro atoms. The average molecular weight is 294 g/mol. The Kier molecular flexibility index (Phi) is 3.83. The van der Waals surface area contributed by atoms with Crippen LogP contribution in [0, 0.1) is 13.8 Å². The van der Waals surface area contributed by atoms with E-state index in [1.165, 1.54) is 0 Å². The highest BCUT2D eigenvalue weighted by Gasteiger charge is 2.17. The SMILES string of the molecule is Cc1cc(Cl)c(C(=O)c2ccc(N)cc2Cl)cc1C. The summed E-state index contributed by atoms with van der Waals surface area (Å²) in [6.45, 7) is 3.89. The zero-order chi connectivity index (χ0) is 14.2. The van der Waals surface area contributed by atoms with Gasteiger partial charge in [0, 0.05) is 16.8 Å². The van der Waals surface area contributed by atoms with Crippen molar-refractivity contribution in [2.24, 2.45) is 0 Å². The Hall–Kier alpha value is -1.51. The van der Waals surface area contributed by atoms with Gasteiger partial charge in [-0.25, -0.2) is 0 Å². The van der Waals surface area contributed by atoms with Gasteiger partial charge in [-0.15, -0.1) is 0 Å². The third-order valence-corrected chi connectivity index (χ3v) is 3.69. The minimum atomic E-state index is -0.196. The van der Waals surface area contributed by atoms with Crippen molar-refractivity contribution in [2.75, 3.05) is 5.73 Å². The number of benzene rings is 2. The maximum absolute atomic E-state index is 12.5. The van der Waals surface area contributed by atoms with Gasteiger partial charge in [0.2, 0.25) is 0 Å². The summed E-state index contributed by atoms with van der Waals surface area (Å²) in [7, 11) is 0. The Balaban J connectivity index is 2.53. The van der Waals surface area contributed by atoms with Gasteiger partial charge < -0.3 is 5.73 Å². The van der Waals surface area contributed by atoms with E-state index in [0.29, 0.717) is 26.9 Å². The molecule has 4 heteroatoms. The Morgan fingerprint density at radius 3 is 2.16 bits per heavy atom. The Labute approximate surface area is 122 Å². The molecular formula is C15H13Cl2NO. The third kappa shape index (κ3) is 2.75. The number of anilines is 1. The zero-order valence-electron chi connectivity index (χ0n) is 10.6. The van der Waals surface area contributed by atoms with E-state index in [0.717, 1.165) is 11.1 Å². The first-order chi connectivity index (χ1) is 8.90. The lowest BCUT2D eigenvalue weighted by Gasteiger charge is -2.09. The van der Waals surface area contributed by atoms with Crippen LogP contribution < -0.4 is 5.73 Å². The van der Waals surface area contributed by atoms with Crippen molar-refractivity contribution < 1.29 is 4.79 Å². The molecule has 0 atom stereocenters. The molecule has 0 aromatic heterocycles. The van der Waals surface area contributed by atoms with Crippen LogP contribution in [-0.4, -0.2) is 5.78 Å². The minimum Gasteiger partial charge on any atom is -0.399 e. The van der Waals surface area contributed by atoms with Gasteiger partial charge in [0.15, 0.2) is 5.78 Å². The second kappa shape index (κ2) is 5.24. The molecule has 0 aliphatic carbocycles. The lowest BCUT2D eigenvalue weighted by Crippen LogP contribution is -2.04. The molecule has 0 saturated heterocycles. The Bertz CT molecular complexity index is 665. The van der Waals surface area contributed by atoms with Crippen LogP contribution in [0.15, 0.2) is 30.3 Å². The molecule has 0 bridgehead atoms. The largest absolute Gasteiger partial charge is 0.399 e. The maximum atomic E-state index is 12.5. The second-order valence-electron chi connectivity index (χ2n) is 4.48. The number of carbonyl (C=O) groups excluding carboxylic acids is 1. The zero-order valence-corrected chi connectivity index (χ0v) is 12.1. The van der Waals surface area contributed by atoms with E-state index in [9.17, 15) is 4.79 Å². The van der Waals surface area contributed by atoms with E-state index in [1.807, 2.05) is 13.8 Å². The lowest BCUT2D eigenvalue weighted by atomic mass is 9.99. The monoisotopic (exact) mass is 293 g/mol. The summed E-state index contributed by atoms with van der Waals surface area (Å²) in [5.41, 5.74) is 9.06. The smallest absolute Gasteiger partial charge is 0.196 e. The molecule has 0 unspecified atom stereocenters. The maximum Gasteiger partial charge on any atom is 0.196 e. The van der Waals surface area contributed by atoms with Gasteiger partial charge in [0.1, 0.15) is 0 Å². The van der Waals surface area contributed by atoms with Crippen LogP contribution in [0.2, 0.25) is 10.0 Å². The first kappa shape index (κ1) is 13.9. The molecule has 2 rings (SSSR count). The van der Waals surface area contributed by atoms with Crippen LogP contribution in [0.4, 0.5) is 5.69 Å². The molecule has 0 fully saturated rings. The quantitative estimate of drug-likeness (QED) is 0.658. The van der Waals surface area contributed by atoms with E-state index >= 15 is 0 Å². The fourth-order valence-electron chi connectivity index (χ4n) is 1.82. The number of nitrogen functional groups attached to an aromatic ring is 1. The summed E-state index contributed by atoms with van der Waals surface area (Å²) in [5, 5.41) is 0.764. The lowest BCUT2D eigenvalue weighted by molar-refractivity contribution is 0.103. The van der Waals surface area contributed by atoms with Crippen LogP contribution in [0.1, 0.15) is 27.0 Å². The van der Waals surface area contributed by atoms with Gasteiger partial charge >= 0.3 is 0 Å². The average Bonchev–Trinajstić information content (AvgIpc) is 2.33. The molecule has 2 nitrogen and oxygen atoms in total. The molecule has 0 amide bonds. The van der Waals surface area contributed by atoms with Crippen molar-refractivity contribution in [3.63, 3.8) is 0 Å². The Morgan fingerprint density at radius 2 is 1.53 bits per heavy atom. The van der Waals surface area contributed by atoms with E-state index in [2.05, 4.69) is 0 Å². The van der Waals surface area contributed by atoms with Gasteiger partial charge in [-0.1, -0.05) is 23.2 Å². The summed E-state index contributed by atoms with van der Waals surface area (Å²) < 4.78 is 0. The van der Waals surface area contributed by atoms with Gasteiger partial charge in [-0.2, -0.15) is 0 Å². The second-order valence-corrected chi connectivity index (χ2v) is 5.30. The molecule has 2 aromatic rings. The van der Waals surface area contributed by atoms with Crippen molar-refractivity contribution in [3.8, 4) is 0 Å². The molecule has 2 aromatic carbocycles. The summed E-state index contributed by atoms with van der Waals surface area (Å²) in [6.07, 6.45) is 0. The molecule has 0 aliphatic heterocycles. The first-order valence-corrected chi connectivity index (χ1v) is 6.52. The number of hydrogen-bond acceptors (Lipinski definition) is 2. The Morgan fingerprint density at radius 1 is 0.947 bits per heavy atom. The normalized spacial score (nSPS) is 10.5. The molecule has 0 saturated carbocycles. The summed E-state index contributed by atoms with van der Waals surface area (Å²) >= 11 is 12.2. The van der Waals surface area contributed by atoms with Crippen LogP contribution >= 0.6 is 23.2 Å². The first-order valence-electron chi connectivity index (χ1n) is 5.76. The minimum absolute atomic E-state index is 0.196. The van der Waals surface area contributed by atoms with Crippen molar-refractivity contribution in [3.05, 3.63) is 62.6 Å². The third-order valence-electron chi connectivity index (χ3n) is 3.07. The number of aryl methyl sites for hydroxylation is 2. The van der Waals surface area contributed by atoms with E-state index in [1.54, 1.807) is 30.3 Å². The molecule has 0 aliphatic rings. The fraction of sp³-hybridized carbons (Fsp3) is 0.133. The van der Waals surface area contributed by atoms with Crippen LogP contribution in [0.3, 0.4) is 0 Å². The highest BCUT2D eigenvalue weighted by Crippen LogP contribution is 2.27. The van der Waals surface area contributed by atoms with E-state index in [4.69, 9.17) is 28.9 Å². The molecule has 0 heterocycles. The van der Waals surface area contributed by atoms with Crippen molar-refractivity contribution in [2.45, 2.75) is 13.8 Å².